The van der Waals surface area contributed by atoms with Gasteiger partial charge in [-0.3, -0.25) is 4.79 Å². The summed E-state index contributed by atoms with van der Waals surface area (Å²) >= 11 is 0. The third-order valence-corrected chi connectivity index (χ3v) is 3.38. The highest BCUT2D eigenvalue weighted by Gasteiger charge is 2.39. The average Bonchev–Trinajstić information content (AvgIpc) is 2.12. The lowest BCUT2D eigenvalue weighted by Crippen LogP contribution is -2.37. The van der Waals surface area contributed by atoms with Crippen molar-refractivity contribution in [3.63, 3.8) is 0 Å². The van der Waals surface area contributed by atoms with Gasteiger partial charge in [0.25, 0.3) is 0 Å². The van der Waals surface area contributed by atoms with Gasteiger partial charge in [-0.25, -0.2) is 4.79 Å². The first kappa shape index (κ1) is 14.5. The molecule has 3 heteroatoms. The highest BCUT2D eigenvalue weighted by molar-refractivity contribution is 5.82. The Morgan fingerprint density at radius 3 is 2.61 bits per heavy atom. The smallest absolute Gasteiger partial charge is 0.329 e. The summed E-state index contributed by atoms with van der Waals surface area (Å²) in [7, 11) is 0. The van der Waals surface area contributed by atoms with E-state index in [4.69, 9.17) is 5.11 Å². The molecule has 1 saturated carbocycles. The lowest BCUT2D eigenvalue weighted by molar-refractivity contribution is -0.131. The normalized spacial score (nSPS) is 27.3. The summed E-state index contributed by atoms with van der Waals surface area (Å²) in [4.78, 5) is 22.1. The maximum absolute atomic E-state index is 11.6. The van der Waals surface area contributed by atoms with Gasteiger partial charge < -0.3 is 5.11 Å². The Bertz CT molecular complexity index is 446. The van der Waals surface area contributed by atoms with Crippen LogP contribution in [0, 0.1) is 29.1 Å². The molecular weight excluding hydrogens is 228 g/mol. The van der Waals surface area contributed by atoms with Crippen molar-refractivity contribution in [3.05, 3.63) is 11.6 Å². The topological polar surface area (TPSA) is 54.4 Å². The molecule has 0 amide bonds. The number of carbonyl (C=O) groups excluding carboxylic acids is 1. The maximum Gasteiger partial charge on any atom is 0.329 e. The third kappa shape index (κ3) is 3.73. The van der Waals surface area contributed by atoms with Gasteiger partial charge in [-0.05, 0) is 18.3 Å². The van der Waals surface area contributed by atoms with Crippen molar-refractivity contribution in [2.24, 2.45) is 17.3 Å². The van der Waals surface area contributed by atoms with Gasteiger partial charge in [-0.15, -0.1) is 0 Å². The maximum atomic E-state index is 11.6. The van der Waals surface area contributed by atoms with Crippen molar-refractivity contribution in [3.8, 4) is 11.8 Å². The first-order valence-electron chi connectivity index (χ1n) is 6.17. The number of carbonyl (C=O) groups is 2. The molecule has 0 aliphatic heterocycles. The number of rotatable bonds is 1. The predicted octanol–water partition coefficient (Wildman–Crippen LogP) is 2.66. The summed E-state index contributed by atoms with van der Waals surface area (Å²) in [6.45, 7) is 7.83. The van der Waals surface area contributed by atoms with Gasteiger partial charge in [0.15, 0.2) is 0 Å². The first-order chi connectivity index (χ1) is 8.22. The molecule has 1 N–H and O–H groups in total. The highest BCUT2D eigenvalue weighted by atomic mass is 16.4. The Balaban J connectivity index is 2.92. The number of hydrogen-bond acceptors (Lipinski definition) is 2. The van der Waals surface area contributed by atoms with E-state index in [0.717, 1.165) is 6.08 Å². The van der Waals surface area contributed by atoms with Crippen molar-refractivity contribution in [1.82, 2.24) is 0 Å². The van der Waals surface area contributed by atoms with Crippen molar-refractivity contribution >= 4 is 11.8 Å². The molecule has 1 rings (SSSR count). The second kappa shape index (κ2) is 5.39. The SMILES string of the molecule is C/C(C#C[C@H]1[C@@H](C)CC(=O)CC1(C)C)=C/C(=O)O. The van der Waals surface area contributed by atoms with Gasteiger partial charge in [0, 0.05) is 30.4 Å². The molecule has 0 radical (unpaired) electrons. The largest absolute Gasteiger partial charge is 0.478 e. The van der Waals surface area contributed by atoms with Gasteiger partial charge in [0.05, 0.1) is 0 Å². The average molecular weight is 248 g/mol. The minimum absolute atomic E-state index is 0.132. The fourth-order valence-corrected chi connectivity index (χ4v) is 2.69. The number of carboxylic acid groups (broad SMARTS) is 1. The molecule has 18 heavy (non-hydrogen) atoms. The zero-order valence-corrected chi connectivity index (χ0v) is 11.4. The van der Waals surface area contributed by atoms with E-state index in [1.807, 2.05) is 6.92 Å². The van der Waals surface area contributed by atoms with Crippen LogP contribution in [0.2, 0.25) is 0 Å². The highest BCUT2D eigenvalue weighted by Crippen LogP contribution is 2.41. The van der Waals surface area contributed by atoms with Gasteiger partial charge in [0.2, 0.25) is 0 Å². The van der Waals surface area contributed by atoms with E-state index < -0.39 is 5.97 Å². The van der Waals surface area contributed by atoms with E-state index in [0.29, 0.717) is 24.2 Å². The number of ketones is 1. The van der Waals surface area contributed by atoms with Crippen LogP contribution in [0.25, 0.3) is 0 Å². The van der Waals surface area contributed by atoms with Gasteiger partial charge in [-0.1, -0.05) is 32.6 Å². The van der Waals surface area contributed by atoms with Crippen LogP contribution in [0.1, 0.15) is 40.5 Å². The second-order valence-corrected chi connectivity index (χ2v) is 5.80. The van der Waals surface area contributed by atoms with Crippen molar-refractivity contribution < 1.29 is 14.7 Å². The summed E-state index contributed by atoms with van der Waals surface area (Å²) in [5, 5.41) is 8.62. The van der Waals surface area contributed by atoms with Gasteiger partial charge >= 0.3 is 5.97 Å². The summed E-state index contributed by atoms with van der Waals surface area (Å²) in [6, 6.07) is 0. The summed E-state index contributed by atoms with van der Waals surface area (Å²) in [5.41, 5.74) is 0.410. The third-order valence-electron chi connectivity index (χ3n) is 3.38. The zero-order chi connectivity index (χ0) is 13.9. The molecule has 1 fully saturated rings. The van der Waals surface area contributed by atoms with Gasteiger partial charge in [-0.2, -0.15) is 0 Å². The number of carboxylic acids is 1. The molecule has 0 aromatic heterocycles. The van der Waals surface area contributed by atoms with E-state index in [2.05, 4.69) is 25.7 Å². The molecule has 0 spiro atoms. The van der Waals surface area contributed by atoms with Crippen LogP contribution in [-0.2, 0) is 9.59 Å². The summed E-state index contributed by atoms with van der Waals surface area (Å²) in [6.07, 6.45) is 2.24. The lowest BCUT2D eigenvalue weighted by atomic mass is 9.64. The summed E-state index contributed by atoms with van der Waals surface area (Å²) in [5.74, 6) is 5.73. The van der Waals surface area contributed by atoms with Crippen LogP contribution >= 0.6 is 0 Å². The molecule has 0 heterocycles. The van der Waals surface area contributed by atoms with E-state index in [9.17, 15) is 9.59 Å². The number of allylic oxidation sites excluding steroid dienone is 1. The Morgan fingerprint density at radius 2 is 2.11 bits per heavy atom. The molecule has 1 aliphatic carbocycles. The van der Waals surface area contributed by atoms with Crippen LogP contribution in [-0.4, -0.2) is 16.9 Å². The standard InChI is InChI=1S/C15H20O3/c1-10(7-14(17)18)5-6-13-11(2)8-12(16)9-15(13,3)4/h7,11,13H,8-9H2,1-4H3,(H,17,18)/b10-7-/t11-,13-/m0/s1. The summed E-state index contributed by atoms with van der Waals surface area (Å²) < 4.78 is 0. The number of hydrogen-bond donors (Lipinski definition) is 1. The fourth-order valence-electron chi connectivity index (χ4n) is 2.69. The molecule has 0 bridgehead atoms. The minimum Gasteiger partial charge on any atom is -0.478 e. The molecule has 2 atom stereocenters. The van der Waals surface area contributed by atoms with E-state index >= 15 is 0 Å². The zero-order valence-electron chi connectivity index (χ0n) is 11.4. The number of aliphatic carboxylic acids is 1. The van der Waals surface area contributed by atoms with E-state index in [-0.39, 0.29) is 17.3 Å². The Kier molecular flexibility index (Phi) is 4.34. The Hall–Kier alpha value is -1.56. The second-order valence-electron chi connectivity index (χ2n) is 5.80. The van der Waals surface area contributed by atoms with Crippen LogP contribution in [0.3, 0.4) is 0 Å². The fraction of sp³-hybridized carbons (Fsp3) is 0.600. The monoisotopic (exact) mass is 248 g/mol. The Labute approximate surface area is 108 Å². The van der Waals surface area contributed by atoms with E-state index in [1.165, 1.54) is 0 Å². The molecule has 1 aliphatic rings. The van der Waals surface area contributed by atoms with Crippen molar-refractivity contribution in [2.45, 2.75) is 40.5 Å². The molecule has 0 saturated heterocycles. The molecule has 0 unspecified atom stereocenters. The number of Topliss-reactive ketones (excluding diaryl/α,β-unsaturated/α-hetero) is 1. The lowest BCUT2D eigenvalue weighted by Gasteiger charge is -2.38. The quantitative estimate of drug-likeness (QED) is 0.573. The predicted molar refractivity (Wildman–Crippen MR) is 69.8 cm³/mol. The van der Waals surface area contributed by atoms with Crippen LogP contribution in [0.5, 0.6) is 0 Å². The van der Waals surface area contributed by atoms with Crippen LogP contribution in [0.4, 0.5) is 0 Å². The van der Waals surface area contributed by atoms with Crippen molar-refractivity contribution in [2.75, 3.05) is 0 Å². The Morgan fingerprint density at radius 1 is 1.50 bits per heavy atom. The minimum atomic E-state index is -0.979. The molecular formula is C15H20O3. The first-order valence-corrected chi connectivity index (χ1v) is 6.17. The molecule has 98 valence electrons. The van der Waals surface area contributed by atoms with Crippen molar-refractivity contribution in [1.29, 1.82) is 0 Å². The van der Waals surface area contributed by atoms with E-state index in [1.54, 1.807) is 6.92 Å². The molecule has 3 nitrogen and oxygen atoms in total. The van der Waals surface area contributed by atoms with Crippen LogP contribution < -0.4 is 0 Å². The molecule has 0 aromatic rings. The van der Waals surface area contributed by atoms with Gasteiger partial charge in [0.1, 0.15) is 5.78 Å². The van der Waals surface area contributed by atoms with Crippen LogP contribution in [0.15, 0.2) is 11.6 Å². The molecule has 0 aromatic carbocycles.